The molecule has 1 saturated carbocycles. The van der Waals surface area contributed by atoms with E-state index in [1.165, 1.54) is 4.90 Å². The maximum absolute atomic E-state index is 13.5. The number of ether oxygens (including phenoxy) is 1. The van der Waals surface area contributed by atoms with E-state index in [2.05, 4.69) is 27.7 Å². The maximum Gasteiger partial charge on any atom is 0.257 e. The minimum Gasteiger partial charge on any atom is -0.497 e. The monoisotopic (exact) mass is 400 g/mol. The van der Waals surface area contributed by atoms with Crippen LogP contribution in [0.25, 0.3) is 0 Å². The molecule has 1 saturated heterocycles. The van der Waals surface area contributed by atoms with Crippen LogP contribution >= 0.6 is 0 Å². The summed E-state index contributed by atoms with van der Waals surface area (Å²) in [7, 11) is 1.56. The highest BCUT2D eigenvalue weighted by atomic mass is 16.5. The SMILES string of the molecule is CCC(C)N(C(=O)C1C(C)(C)C1(C)C)C1CC(=O)N(c2ccc(OC)cc2)C1=O. The second kappa shape index (κ2) is 7.15. The molecular weight excluding hydrogens is 368 g/mol. The zero-order chi connectivity index (χ0) is 21.7. The smallest absolute Gasteiger partial charge is 0.257 e. The summed E-state index contributed by atoms with van der Waals surface area (Å²) in [6.07, 6.45) is 0.744. The molecule has 0 aromatic heterocycles. The normalized spacial score (nSPS) is 23.8. The van der Waals surface area contributed by atoms with Gasteiger partial charge < -0.3 is 9.64 Å². The number of hydrogen-bond donors (Lipinski definition) is 0. The van der Waals surface area contributed by atoms with Crippen molar-refractivity contribution >= 4 is 23.4 Å². The quantitative estimate of drug-likeness (QED) is 0.684. The minimum atomic E-state index is -0.751. The molecule has 0 N–H and O–H groups in total. The predicted octanol–water partition coefficient (Wildman–Crippen LogP) is 3.64. The average molecular weight is 401 g/mol. The van der Waals surface area contributed by atoms with Crippen molar-refractivity contribution in [2.45, 2.75) is 66.5 Å². The van der Waals surface area contributed by atoms with E-state index in [4.69, 9.17) is 4.74 Å². The zero-order valence-corrected chi connectivity index (χ0v) is 18.5. The number of rotatable bonds is 6. The molecule has 0 bridgehead atoms. The molecule has 0 spiro atoms. The van der Waals surface area contributed by atoms with Gasteiger partial charge >= 0.3 is 0 Å². The third-order valence-electron chi connectivity index (χ3n) is 7.38. The third-order valence-corrected chi connectivity index (χ3v) is 7.38. The third kappa shape index (κ3) is 3.22. The van der Waals surface area contributed by atoms with E-state index in [1.54, 1.807) is 36.3 Å². The first-order valence-electron chi connectivity index (χ1n) is 10.3. The Morgan fingerprint density at radius 1 is 1.17 bits per heavy atom. The molecule has 2 atom stereocenters. The van der Waals surface area contributed by atoms with Gasteiger partial charge in [-0.1, -0.05) is 34.6 Å². The summed E-state index contributed by atoms with van der Waals surface area (Å²) in [5, 5.41) is 0. The highest BCUT2D eigenvalue weighted by Gasteiger charge is 2.69. The van der Waals surface area contributed by atoms with E-state index >= 15 is 0 Å². The van der Waals surface area contributed by atoms with Gasteiger partial charge in [-0.05, 0) is 48.4 Å². The van der Waals surface area contributed by atoms with E-state index in [1.807, 2.05) is 13.8 Å². The van der Waals surface area contributed by atoms with Crippen LogP contribution in [0.15, 0.2) is 24.3 Å². The molecule has 2 aliphatic rings. The molecular formula is C23H32N2O4. The van der Waals surface area contributed by atoms with Crippen LogP contribution < -0.4 is 9.64 Å². The number of carbonyl (C=O) groups excluding carboxylic acids is 3. The number of methoxy groups -OCH3 is 1. The van der Waals surface area contributed by atoms with Crippen LogP contribution in [-0.2, 0) is 14.4 Å². The molecule has 1 aromatic carbocycles. The minimum absolute atomic E-state index is 0.0166. The van der Waals surface area contributed by atoms with Crippen molar-refractivity contribution in [1.29, 1.82) is 0 Å². The number of carbonyl (C=O) groups is 3. The summed E-state index contributed by atoms with van der Waals surface area (Å²) in [6, 6.07) is 5.96. The van der Waals surface area contributed by atoms with Crippen molar-refractivity contribution in [2.24, 2.45) is 16.7 Å². The van der Waals surface area contributed by atoms with Crippen molar-refractivity contribution in [1.82, 2.24) is 4.90 Å². The molecule has 3 rings (SSSR count). The number of benzene rings is 1. The average Bonchev–Trinajstić information content (AvgIpc) is 2.90. The molecule has 158 valence electrons. The molecule has 1 aromatic rings. The van der Waals surface area contributed by atoms with Crippen LogP contribution in [-0.4, -0.2) is 41.8 Å². The number of amides is 3. The summed E-state index contributed by atoms with van der Waals surface area (Å²) in [6.45, 7) is 12.3. The van der Waals surface area contributed by atoms with Gasteiger partial charge in [0.1, 0.15) is 11.8 Å². The lowest BCUT2D eigenvalue weighted by molar-refractivity contribution is -0.143. The molecule has 2 unspecified atom stereocenters. The number of hydrogen-bond acceptors (Lipinski definition) is 4. The Balaban J connectivity index is 1.90. The first kappa shape index (κ1) is 21.3. The molecule has 1 aliphatic carbocycles. The van der Waals surface area contributed by atoms with E-state index in [0.717, 1.165) is 6.42 Å². The van der Waals surface area contributed by atoms with E-state index in [9.17, 15) is 14.4 Å². The Morgan fingerprint density at radius 2 is 1.72 bits per heavy atom. The summed E-state index contributed by atoms with van der Waals surface area (Å²) in [4.78, 5) is 42.5. The van der Waals surface area contributed by atoms with Gasteiger partial charge in [0.2, 0.25) is 11.8 Å². The second-order valence-electron chi connectivity index (χ2n) is 9.36. The van der Waals surface area contributed by atoms with Crippen molar-refractivity contribution in [3.63, 3.8) is 0 Å². The largest absolute Gasteiger partial charge is 0.497 e. The molecule has 3 amide bonds. The van der Waals surface area contributed by atoms with E-state index in [-0.39, 0.29) is 46.9 Å². The highest BCUT2D eigenvalue weighted by Crippen LogP contribution is 2.69. The van der Waals surface area contributed by atoms with Gasteiger partial charge in [0, 0.05) is 12.0 Å². The Kier molecular flexibility index (Phi) is 5.26. The summed E-state index contributed by atoms with van der Waals surface area (Å²) in [5.74, 6) is -0.122. The van der Waals surface area contributed by atoms with Gasteiger partial charge in [0.05, 0.1) is 19.2 Å². The van der Waals surface area contributed by atoms with E-state index in [0.29, 0.717) is 11.4 Å². The van der Waals surface area contributed by atoms with Gasteiger partial charge in [-0.15, -0.1) is 0 Å². The first-order valence-corrected chi connectivity index (χ1v) is 10.3. The van der Waals surface area contributed by atoms with Crippen molar-refractivity contribution < 1.29 is 19.1 Å². The standard InChI is InChI=1S/C23H32N2O4/c1-8-14(2)24(21(28)19-22(3,4)23(19,5)6)17-13-18(26)25(20(17)27)15-9-11-16(29-7)12-10-15/h9-12,14,17,19H,8,13H2,1-7H3. The molecule has 6 heteroatoms. The fourth-order valence-electron chi connectivity index (χ4n) is 4.67. The van der Waals surface area contributed by atoms with Gasteiger partial charge in [-0.3, -0.25) is 14.4 Å². The maximum atomic E-state index is 13.5. The summed E-state index contributed by atoms with van der Waals surface area (Å²) < 4.78 is 5.15. The second-order valence-corrected chi connectivity index (χ2v) is 9.36. The topological polar surface area (TPSA) is 66.9 Å². The van der Waals surface area contributed by atoms with Crippen LogP contribution in [0.3, 0.4) is 0 Å². The van der Waals surface area contributed by atoms with Gasteiger partial charge in [-0.2, -0.15) is 0 Å². The predicted molar refractivity (Wildman–Crippen MR) is 112 cm³/mol. The van der Waals surface area contributed by atoms with Gasteiger partial charge in [-0.25, -0.2) is 4.90 Å². The highest BCUT2D eigenvalue weighted by molar-refractivity contribution is 6.23. The fourth-order valence-corrected chi connectivity index (χ4v) is 4.67. The Morgan fingerprint density at radius 3 is 2.17 bits per heavy atom. The summed E-state index contributed by atoms with van der Waals surface area (Å²) >= 11 is 0. The number of anilines is 1. The molecule has 6 nitrogen and oxygen atoms in total. The van der Waals surface area contributed by atoms with Gasteiger partial charge in [0.25, 0.3) is 5.91 Å². The van der Waals surface area contributed by atoms with Crippen LogP contribution in [0, 0.1) is 16.7 Å². The van der Waals surface area contributed by atoms with Crippen molar-refractivity contribution in [3.8, 4) is 5.75 Å². The molecule has 2 fully saturated rings. The fraction of sp³-hybridized carbons (Fsp3) is 0.609. The van der Waals surface area contributed by atoms with E-state index < -0.39 is 6.04 Å². The summed E-state index contributed by atoms with van der Waals surface area (Å²) in [5.41, 5.74) is 0.251. The molecule has 1 aliphatic heterocycles. The lowest BCUT2D eigenvalue weighted by Gasteiger charge is -2.33. The zero-order valence-electron chi connectivity index (χ0n) is 18.5. The van der Waals surface area contributed by atoms with Crippen molar-refractivity contribution in [2.75, 3.05) is 12.0 Å². The molecule has 0 radical (unpaired) electrons. The van der Waals surface area contributed by atoms with Crippen LogP contribution in [0.1, 0.15) is 54.4 Å². The van der Waals surface area contributed by atoms with Gasteiger partial charge in [0.15, 0.2) is 0 Å². The molecule has 29 heavy (non-hydrogen) atoms. The van der Waals surface area contributed by atoms with Crippen molar-refractivity contribution in [3.05, 3.63) is 24.3 Å². The lowest BCUT2D eigenvalue weighted by Crippen LogP contribution is -2.51. The van der Waals surface area contributed by atoms with Crippen LogP contribution in [0.2, 0.25) is 0 Å². The number of nitrogens with zero attached hydrogens (tertiary/aromatic N) is 2. The number of imide groups is 1. The lowest BCUT2D eigenvalue weighted by atomic mass is 10.0. The van der Waals surface area contributed by atoms with Crippen LogP contribution in [0.4, 0.5) is 5.69 Å². The van der Waals surface area contributed by atoms with Crippen LogP contribution in [0.5, 0.6) is 5.75 Å². The Hall–Kier alpha value is -2.37. The Labute approximate surface area is 173 Å². The Bertz CT molecular complexity index is 814. The molecule has 1 heterocycles. The first-order chi connectivity index (χ1) is 13.5.